The van der Waals surface area contributed by atoms with Crippen LogP contribution >= 0.6 is 11.3 Å². The Bertz CT molecular complexity index is 375. The minimum absolute atomic E-state index is 0.0674. The van der Waals surface area contributed by atoms with Crippen LogP contribution in [0.2, 0.25) is 0 Å². The fraction of sp³-hybridized carbons (Fsp3) is 0.583. The van der Waals surface area contributed by atoms with Gasteiger partial charge in [-0.25, -0.2) is 0 Å². The third-order valence-corrected chi connectivity index (χ3v) is 4.18. The number of thiophene rings is 1. The second-order valence-electron chi connectivity index (χ2n) is 4.91. The van der Waals surface area contributed by atoms with Crippen LogP contribution in [0.3, 0.4) is 0 Å². The predicted octanol–water partition coefficient (Wildman–Crippen LogP) is 2.67. The molecular formula is C12H16N2S. The lowest BCUT2D eigenvalue weighted by Gasteiger charge is -2.41. The molecule has 0 aliphatic carbocycles. The molecule has 1 saturated heterocycles. The summed E-state index contributed by atoms with van der Waals surface area (Å²) in [4.78, 5) is 1.22. The Morgan fingerprint density at radius 2 is 2.33 bits per heavy atom. The van der Waals surface area contributed by atoms with Gasteiger partial charge in [0.15, 0.2) is 0 Å². The molecule has 1 aromatic rings. The quantitative estimate of drug-likeness (QED) is 0.790. The molecule has 0 saturated carbocycles. The van der Waals surface area contributed by atoms with E-state index < -0.39 is 0 Å². The molecule has 0 aromatic carbocycles. The molecule has 15 heavy (non-hydrogen) atoms. The van der Waals surface area contributed by atoms with Crippen molar-refractivity contribution >= 4 is 11.3 Å². The first kappa shape index (κ1) is 10.7. The molecule has 2 heterocycles. The second-order valence-corrected chi connectivity index (χ2v) is 5.86. The van der Waals surface area contributed by atoms with E-state index >= 15 is 0 Å². The predicted molar refractivity (Wildman–Crippen MR) is 62.9 cm³/mol. The topological polar surface area (TPSA) is 35.8 Å². The summed E-state index contributed by atoms with van der Waals surface area (Å²) in [5, 5.41) is 15.0. The Hall–Kier alpha value is -0.850. The standard InChI is InChI=1S/C12H16N2S/c1-11(2)8-12(9-13,5-6-14-11)10-4-3-7-15-10/h3-4,7,14H,5-6,8H2,1-2H3. The fourth-order valence-electron chi connectivity index (χ4n) is 2.43. The number of hydrogen-bond acceptors (Lipinski definition) is 3. The van der Waals surface area contributed by atoms with Gasteiger partial charge in [-0.3, -0.25) is 0 Å². The van der Waals surface area contributed by atoms with Crippen molar-refractivity contribution in [1.82, 2.24) is 5.32 Å². The van der Waals surface area contributed by atoms with Crippen LogP contribution in [-0.4, -0.2) is 12.1 Å². The summed E-state index contributed by atoms with van der Waals surface area (Å²) in [7, 11) is 0. The van der Waals surface area contributed by atoms with Crippen LogP contribution in [0, 0.1) is 11.3 Å². The molecular weight excluding hydrogens is 204 g/mol. The van der Waals surface area contributed by atoms with Gasteiger partial charge < -0.3 is 5.32 Å². The zero-order chi connectivity index (χ0) is 10.9. The fourth-order valence-corrected chi connectivity index (χ4v) is 3.34. The molecule has 0 amide bonds. The maximum absolute atomic E-state index is 9.47. The Balaban J connectivity index is 2.35. The number of nitriles is 1. The smallest absolute Gasteiger partial charge is 0.0943 e. The van der Waals surface area contributed by atoms with Gasteiger partial charge in [0.25, 0.3) is 0 Å². The maximum Gasteiger partial charge on any atom is 0.0943 e. The Morgan fingerprint density at radius 1 is 1.53 bits per heavy atom. The molecule has 1 N–H and O–H groups in total. The van der Waals surface area contributed by atoms with E-state index in [1.165, 1.54) is 4.88 Å². The van der Waals surface area contributed by atoms with E-state index in [9.17, 15) is 5.26 Å². The van der Waals surface area contributed by atoms with Crippen molar-refractivity contribution in [2.24, 2.45) is 0 Å². The SMILES string of the molecule is CC1(C)CC(C#N)(c2cccs2)CCN1. The van der Waals surface area contributed by atoms with E-state index in [1.807, 2.05) is 6.07 Å². The first-order valence-electron chi connectivity index (χ1n) is 5.28. The zero-order valence-corrected chi connectivity index (χ0v) is 10.0. The number of hydrogen-bond donors (Lipinski definition) is 1. The summed E-state index contributed by atoms with van der Waals surface area (Å²) >= 11 is 1.70. The largest absolute Gasteiger partial charge is 0.312 e. The van der Waals surface area contributed by atoms with Crippen LogP contribution in [0.1, 0.15) is 31.6 Å². The number of rotatable bonds is 1. The average Bonchev–Trinajstić information content (AvgIpc) is 2.69. The summed E-state index contributed by atoms with van der Waals surface area (Å²) in [6, 6.07) is 6.67. The van der Waals surface area contributed by atoms with Crippen LogP contribution in [0.15, 0.2) is 17.5 Å². The summed E-state index contributed by atoms with van der Waals surface area (Å²) in [5.41, 5.74) is -0.194. The summed E-state index contributed by atoms with van der Waals surface area (Å²) in [6.45, 7) is 5.27. The summed E-state index contributed by atoms with van der Waals surface area (Å²) in [6.07, 6.45) is 1.82. The molecule has 2 nitrogen and oxygen atoms in total. The lowest BCUT2D eigenvalue weighted by molar-refractivity contribution is 0.236. The first-order chi connectivity index (χ1) is 7.08. The Morgan fingerprint density at radius 3 is 2.87 bits per heavy atom. The van der Waals surface area contributed by atoms with E-state index in [-0.39, 0.29) is 11.0 Å². The lowest BCUT2D eigenvalue weighted by atomic mass is 9.72. The van der Waals surface area contributed by atoms with Crippen molar-refractivity contribution in [3.05, 3.63) is 22.4 Å². The van der Waals surface area contributed by atoms with Crippen molar-refractivity contribution in [3.8, 4) is 6.07 Å². The van der Waals surface area contributed by atoms with Crippen LogP contribution in [-0.2, 0) is 5.41 Å². The molecule has 0 spiro atoms. The highest BCUT2D eigenvalue weighted by Gasteiger charge is 2.42. The molecule has 1 aliphatic heterocycles. The van der Waals surface area contributed by atoms with E-state index in [0.717, 1.165) is 19.4 Å². The van der Waals surface area contributed by atoms with Crippen molar-refractivity contribution in [3.63, 3.8) is 0 Å². The molecule has 1 atom stereocenters. The number of nitrogens with zero attached hydrogens (tertiary/aromatic N) is 1. The summed E-state index contributed by atoms with van der Waals surface area (Å²) < 4.78 is 0. The highest BCUT2D eigenvalue weighted by atomic mass is 32.1. The van der Waals surface area contributed by atoms with Crippen LogP contribution in [0.5, 0.6) is 0 Å². The second kappa shape index (κ2) is 3.62. The van der Waals surface area contributed by atoms with Crippen LogP contribution in [0.25, 0.3) is 0 Å². The molecule has 1 unspecified atom stereocenters. The number of nitrogens with one attached hydrogen (secondary N) is 1. The van der Waals surface area contributed by atoms with Gasteiger partial charge in [0.05, 0.1) is 11.5 Å². The Kier molecular flexibility index (Phi) is 2.57. The first-order valence-corrected chi connectivity index (χ1v) is 6.16. The third-order valence-electron chi connectivity index (χ3n) is 3.11. The van der Waals surface area contributed by atoms with Gasteiger partial charge in [-0.2, -0.15) is 5.26 Å². The minimum atomic E-state index is -0.261. The maximum atomic E-state index is 9.47. The molecule has 3 heteroatoms. The normalized spacial score (nSPS) is 29.7. The van der Waals surface area contributed by atoms with Crippen molar-refractivity contribution in [2.45, 2.75) is 37.6 Å². The van der Waals surface area contributed by atoms with Crippen LogP contribution < -0.4 is 5.32 Å². The molecule has 80 valence electrons. The van der Waals surface area contributed by atoms with E-state index in [0.29, 0.717) is 0 Å². The number of piperidine rings is 1. The van der Waals surface area contributed by atoms with Gasteiger partial charge in [-0.15, -0.1) is 11.3 Å². The van der Waals surface area contributed by atoms with Gasteiger partial charge in [0, 0.05) is 10.4 Å². The third kappa shape index (κ3) is 1.92. The average molecular weight is 220 g/mol. The van der Waals surface area contributed by atoms with E-state index in [1.54, 1.807) is 11.3 Å². The van der Waals surface area contributed by atoms with Gasteiger partial charge >= 0.3 is 0 Å². The molecule has 0 radical (unpaired) electrons. The zero-order valence-electron chi connectivity index (χ0n) is 9.21. The van der Waals surface area contributed by atoms with Crippen molar-refractivity contribution in [2.75, 3.05) is 6.54 Å². The molecule has 2 rings (SSSR count). The van der Waals surface area contributed by atoms with Gasteiger partial charge in [0.1, 0.15) is 0 Å². The molecule has 1 fully saturated rings. The van der Waals surface area contributed by atoms with Crippen LogP contribution in [0.4, 0.5) is 0 Å². The van der Waals surface area contributed by atoms with E-state index in [4.69, 9.17) is 0 Å². The molecule has 1 aliphatic rings. The highest BCUT2D eigenvalue weighted by molar-refractivity contribution is 7.10. The molecule has 0 bridgehead atoms. The highest BCUT2D eigenvalue weighted by Crippen LogP contribution is 2.40. The van der Waals surface area contributed by atoms with E-state index in [2.05, 4.69) is 36.7 Å². The summed E-state index contributed by atoms with van der Waals surface area (Å²) in [5.74, 6) is 0. The van der Waals surface area contributed by atoms with Crippen molar-refractivity contribution in [1.29, 1.82) is 5.26 Å². The lowest BCUT2D eigenvalue weighted by Crippen LogP contribution is -2.51. The van der Waals surface area contributed by atoms with Crippen molar-refractivity contribution < 1.29 is 0 Å². The monoisotopic (exact) mass is 220 g/mol. The van der Waals surface area contributed by atoms with Gasteiger partial charge in [0.2, 0.25) is 0 Å². The Labute approximate surface area is 94.9 Å². The van der Waals surface area contributed by atoms with Gasteiger partial charge in [-0.05, 0) is 44.7 Å². The minimum Gasteiger partial charge on any atom is -0.312 e. The molecule has 1 aromatic heterocycles. The van der Waals surface area contributed by atoms with Gasteiger partial charge in [-0.1, -0.05) is 6.07 Å².